The van der Waals surface area contributed by atoms with Crippen LogP contribution in [0.15, 0.2) is 47.2 Å². The Morgan fingerprint density at radius 3 is 2.44 bits per heavy atom. The van der Waals surface area contributed by atoms with Gasteiger partial charge >= 0.3 is 12.1 Å². The van der Waals surface area contributed by atoms with Crippen LogP contribution in [0.3, 0.4) is 0 Å². The van der Waals surface area contributed by atoms with Crippen LogP contribution < -0.4 is 5.32 Å². The molecule has 0 aliphatic rings. The summed E-state index contributed by atoms with van der Waals surface area (Å²) in [5.41, 5.74) is 1.22. The lowest BCUT2D eigenvalue weighted by Crippen LogP contribution is -2.45. The van der Waals surface area contributed by atoms with Crippen LogP contribution in [0.4, 0.5) is 4.79 Å². The molecule has 25 heavy (non-hydrogen) atoms. The zero-order chi connectivity index (χ0) is 18.3. The van der Waals surface area contributed by atoms with E-state index >= 15 is 0 Å². The predicted octanol–water partition coefficient (Wildman–Crippen LogP) is 3.93. The van der Waals surface area contributed by atoms with Gasteiger partial charge in [0.1, 0.15) is 18.2 Å². The molecule has 0 fully saturated rings. The number of benzene rings is 1. The molecule has 0 saturated heterocycles. The van der Waals surface area contributed by atoms with Gasteiger partial charge < -0.3 is 14.8 Å². The molecule has 1 aromatic heterocycles. The lowest BCUT2D eigenvalue weighted by molar-refractivity contribution is -0.157. The van der Waals surface area contributed by atoms with E-state index in [0.717, 1.165) is 11.1 Å². The summed E-state index contributed by atoms with van der Waals surface area (Å²) in [5.74, 6) is -0.477. The third-order valence-electron chi connectivity index (χ3n) is 3.22. The fraction of sp³-hybridized carbons (Fsp3) is 0.368. The largest absolute Gasteiger partial charge is 0.458 e. The zero-order valence-electron chi connectivity index (χ0n) is 14.7. The number of amides is 1. The highest BCUT2D eigenvalue weighted by molar-refractivity contribution is 7.07. The second-order valence-electron chi connectivity index (χ2n) is 6.63. The van der Waals surface area contributed by atoms with Crippen LogP contribution in [0, 0.1) is 0 Å². The highest BCUT2D eigenvalue weighted by Gasteiger charge is 2.27. The van der Waals surface area contributed by atoms with Crippen molar-refractivity contribution in [2.75, 3.05) is 0 Å². The second kappa shape index (κ2) is 8.67. The van der Waals surface area contributed by atoms with Crippen molar-refractivity contribution in [3.05, 3.63) is 58.3 Å². The number of rotatable bonds is 6. The van der Waals surface area contributed by atoms with Crippen LogP contribution in [-0.4, -0.2) is 23.7 Å². The third-order valence-corrected chi connectivity index (χ3v) is 3.95. The molecule has 0 saturated carbocycles. The van der Waals surface area contributed by atoms with E-state index < -0.39 is 23.7 Å². The molecule has 1 N–H and O–H groups in total. The number of hydrogen-bond donors (Lipinski definition) is 1. The van der Waals surface area contributed by atoms with E-state index in [1.807, 2.05) is 47.2 Å². The molecular weight excluding hydrogens is 338 g/mol. The van der Waals surface area contributed by atoms with Crippen molar-refractivity contribution < 1.29 is 19.1 Å². The molecule has 0 unspecified atom stereocenters. The summed E-state index contributed by atoms with van der Waals surface area (Å²) < 4.78 is 10.6. The summed E-state index contributed by atoms with van der Waals surface area (Å²) in [6.07, 6.45) is -0.284. The fourth-order valence-electron chi connectivity index (χ4n) is 2.12. The Kier molecular flexibility index (Phi) is 6.58. The summed E-state index contributed by atoms with van der Waals surface area (Å²) in [6.45, 7) is 5.52. The minimum Gasteiger partial charge on any atom is -0.458 e. The zero-order valence-corrected chi connectivity index (χ0v) is 15.5. The Balaban J connectivity index is 1.96. The summed E-state index contributed by atoms with van der Waals surface area (Å²) in [6, 6.07) is 10.5. The van der Waals surface area contributed by atoms with Gasteiger partial charge in [-0.15, -0.1) is 0 Å². The highest BCUT2D eigenvalue weighted by atomic mass is 32.1. The fourth-order valence-corrected chi connectivity index (χ4v) is 2.80. The molecular formula is C19H23NO4S. The molecule has 0 radical (unpaired) electrons. The normalized spacial score (nSPS) is 12.3. The van der Waals surface area contributed by atoms with Crippen molar-refractivity contribution in [3.63, 3.8) is 0 Å². The van der Waals surface area contributed by atoms with Gasteiger partial charge in [0.05, 0.1) is 0 Å². The topological polar surface area (TPSA) is 64.6 Å². The first-order valence-corrected chi connectivity index (χ1v) is 8.99. The molecule has 1 amide bonds. The molecule has 5 nitrogen and oxygen atoms in total. The van der Waals surface area contributed by atoms with E-state index in [1.165, 1.54) is 11.3 Å². The van der Waals surface area contributed by atoms with Gasteiger partial charge in [-0.05, 0) is 48.7 Å². The summed E-state index contributed by atoms with van der Waals surface area (Å²) in [4.78, 5) is 24.5. The number of hydrogen-bond acceptors (Lipinski definition) is 5. The monoisotopic (exact) mass is 361 g/mol. The molecule has 6 heteroatoms. The van der Waals surface area contributed by atoms with Crippen LogP contribution in [0.25, 0.3) is 0 Å². The first-order valence-electron chi connectivity index (χ1n) is 8.04. The van der Waals surface area contributed by atoms with Crippen LogP contribution in [0.1, 0.15) is 31.9 Å². The Morgan fingerprint density at radius 2 is 1.84 bits per heavy atom. The highest BCUT2D eigenvalue weighted by Crippen LogP contribution is 2.13. The Hall–Kier alpha value is -2.34. The van der Waals surface area contributed by atoms with Crippen molar-refractivity contribution >= 4 is 23.4 Å². The lowest BCUT2D eigenvalue weighted by Gasteiger charge is -2.24. The molecule has 2 aromatic rings. The van der Waals surface area contributed by atoms with E-state index in [0.29, 0.717) is 6.42 Å². The van der Waals surface area contributed by atoms with Gasteiger partial charge in [-0.3, -0.25) is 0 Å². The maximum atomic E-state index is 12.4. The number of ether oxygens (including phenoxy) is 2. The molecule has 1 aromatic carbocycles. The first-order chi connectivity index (χ1) is 11.8. The average Bonchev–Trinajstić information content (AvgIpc) is 3.05. The predicted molar refractivity (Wildman–Crippen MR) is 97.4 cm³/mol. The number of nitrogens with one attached hydrogen (secondary N) is 1. The van der Waals surface area contributed by atoms with Gasteiger partial charge in [-0.25, -0.2) is 9.59 Å². The molecule has 0 aliphatic carbocycles. The van der Waals surface area contributed by atoms with E-state index in [4.69, 9.17) is 9.47 Å². The van der Waals surface area contributed by atoms with Gasteiger partial charge in [0.25, 0.3) is 0 Å². The van der Waals surface area contributed by atoms with Crippen molar-refractivity contribution in [1.82, 2.24) is 5.32 Å². The van der Waals surface area contributed by atoms with Gasteiger partial charge in [0, 0.05) is 6.42 Å². The minimum atomic E-state index is -0.794. The molecule has 0 aliphatic heterocycles. The van der Waals surface area contributed by atoms with Gasteiger partial charge in [0.2, 0.25) is 0 Å². The maximum Gasteiger partial charge on any atom is 0.408 e. The molecule has 0 bridgehead atoms. The van der Waals surface area contributed by atoms with Gasteiger partial charge in [0.15, 0.2) is 0 Å². The third kappa shape index (κ3) is 6.97. The van der Waals surface area contributed by atoms with Crippen LogP contribution in [-0.2, 0) is 27.3 Å². The molecule has 2 rings (SSSR count). The van der Waals surface area contributed by atoms with E-state index in [9.17, 15) is 9.59 Å². The summed E-state index contributed by atoms with van der Waals surface area (Å²) >= 11 is 1.54. The molecule has 1 heterocycles. The maximum absolute atomic E-state index is 12.4. The Labute approximate surface area is 152 Å². The van der Waals surface area contributed by atoms with Crippen molar-refractivity contribution in [1.29, 1.82) is 0 Å². The average molecular weight is 361 g/mol. The summed E-state index contributed by atoms with van der Waals surface area (Å²) in [7, 11) is 0. The molecule has 134 valence electrons. The van der Waals surface area contributed by atoms with Crippen LogP contribution in [0.2, 0.25) is 0 Å². The standard InChI is InChI=1S/C19H23NO4S/c1-19(2,3)24-17(21)16(11-15-9-10-25-13-15)20-18(22)23-12-14-7-5-4-6-8-14/h4-10,13,16H,11-12H2,1-3H3,(H,20,22)/t16-/m1/s1. The van der Waals surface area contributed by atoms with Crippen LogP contribution in [0.5, 0.6) is 0 Å². The van der Waals surface area contributed by atoms with Gasteiger partial charge in [-0.1, -0.05) is 30.3 Å². The van der Waals surface area contributed by atoms with Crippen LogP contribution >= 0.6 is 11.3 Å². The van der Waals surface area contributed by atoms with Crippen molar-refractivity contribution in [2.24, 2.45) is 0 Å². The second-order valence-corrected chi connectivity index (χ2v) is 7.41. The minimum absolute atomic E-state index is 0.145. The SMILES string of the molecule is CC(C)(C)OC(=O)[C@@H](Cc1ccsc1)NC(=O)OCc1ccccc1. The van der Waals surface area contributed by atoms with Crippen molar-refractivity contribution in [3.8, 4) is 0 Å². The van der Waals surface area contributed by atoms with E-state index in [1.54, 1.807) is 20.8 Å². The van der Waals surface area contributed by atoms with Gasteiger partial charge in [-0.2, -0.15) is 11.3 Å². The first kappa shape index (κ1) is 19.0. The lowest BCUT2D eigenvalue weighted by atomic mass is 10.1. The number of carbonyl (C=O) groups is 2. The van der Waals surface area contributed by atoms with Crippen molar-refractivity contribution in [2.45, 2.75) is 45.4 Å². The number of esters is 1. The summed E-state index contributed by atoms with van der Waals surface area (Å²) in [5, 5.41) is 6.48. The number of alkyl carbamates (subject to hydrolysis) is 1. The Morgan fingerprint density at radius 1 is 1.12 bits per heavy atom. The smallest absolute Gasteiger partial charge is 0.408 e. The number of carbonyl (C=O) groups excluding carboxylic acids is 2. The van der Waals surface area contributed by atoms with E-state index in [2.05, 4.69) is 5.32 Å². The number of thiophene rings is 1. The van der Waals surface area contributed by atoms with E-state index in [-0.39, 0.29) is 6.61 Å². The molecule has 1 atom stereocenters. The quantitative estimate of drug-likeness (QED) is 0.792. The molecule has 0 spiro atoms. The Bertz CT molecular complexity index is 677.